The summed E-state index contributed by atoms with van der Waals surface area (Å²) >= 11 is 0. The van der Waals surface area contributed by atoms with Crippen molar-refractivity contribution in [1.29, 1.82) is 0 Å². The number of Topliss-reactive ketones (excluding diaryl/α,β-unsaturated/α-hetero) is 1. The number of ketones is 1. The normalized spacial score (nSPS) is 49.4. The van der Waals surface area contributed by atoms with Gasteiger partial charge in [-0.05, 0) is 104 Å². The minimum absolute atomic E-state index is 0.0621. The first kappa shape index (κ1) is 58.0. The topological polar surface area (TPSA) is 268 Å². The summed E-state index contributed by atoms with van der Waals surface area (Å²) in [6, 6.07) is 3.19. The van der Waals surface area contributed by atoms with E-state index in [0.717, 1.165) is 5.57 Å². The number of carbonyl (C=O) groups is 2. The molecule has 8 aliphatic rings. The van der Waals surface area contributed by atoms with E-state index in [1.165, 1.54) is 26.4 Å². The van der Waals surface area contributed by atoms with Crippen molar-refractivity contribution in [2.45, 2.75) is 246 Å². The summed E-state index contributed by atoms with van der Waals surface area (Å²) in [6.07, 6.45) is -5.24. The number of hydrogen-bond donors (Lipinski definition) is 5. The number of hydrogen-bond acceptors (Lipinski definition) is 21. The summed E-state index contributed by atoms with van der Waals surface area (Å²) in [6.45, 7) is 12.3. The van der Waals surface area contributed by atoms with E-state index in [2.05, 4.69) is 11.9 Å². The van der Waals surface area contributed by atoms with Crippen LogP contribution in [0.4, 0.5) is 0 Å². The van der Waals surface area contributed by atoms with Gasteiger partial charge in [0, 0.05) is 66.0 Å². The maximum absolute atomic E-state index is 13.7. The highest BCUT2D eigenvalue weighted by molar-refractivity contribution is 5.90. The summed E-state index contributed by atoms with van der Waals surface area (Å²) in [5.74, 6) is -1.86. The minimum atomic E-state index is -2.06. The van der Waals surface area contributed by atoms with Crippen LogP contribution in [0, 0.1) is 16.7 Å². The molecule has 0 radical (unpaired) electrons. The second kappa shape index (κ2) is 22.4. The monoisotopic (exact) mass is 1080 g/mol. The molecule has 76 heavy (non-hydrogen) atoms. The number of esters is 1. The van der Waals surface area contributed by atoms with Crippen molar-refractivity contribution in [2.75, 3.05) is 28.4 Å². The molecule has 0 unspecified atom stereocenters. The molecule has 0 amide bonds. The molecule has 25 atom stereocenters. The minimum Gasteiger partial charge on any atom is -0.458 e. The van der Waals surface area contributed by atoms with E-state index in [1.807, 2.05) is 26.8 Å². The van der Waals surface area contributed by atoms with Gasteiger partial charge in [-0.15, -0.1) is 0 Å². The number of aliphatic hydroxyl groups excluding tert-OH is 2. The standard InChI is InChI=1S/C55H83NO20/c1-27-43(58)48(67-11)44(59)50(71-27)76-47-30(4)70-42(24-37(47)66-10)75-46-29(3)69-41(23-36(46)65-9)74-45-28(2)68-40(22-35(45)64-8)72-34-15-16-51(6)33(21-34)14-17-54(62)38(51)25-39(73-49(60)32-13-12-20-56-26-32)52(7)53(61,31(5)57)18-19-55(52,54)63/h12-14,20,26-30,34-48,50,58-59,61-63H,15-19,21-25H2,1-11H3/t27-,28-,29-,30-,34+,35-,36-,37-,38-,39-,40+,41+,42+,43+,44-,45-,46-,47-,48-,50+,51+,52-,53-,54+,55-/m1/s1. The SMILES string of the molecule is CO[C@@H]1[C@@H](O)[C@@H](C)O[C@@H](O[C@@H]2[C@@H](C)O[C@@H](O[C@@H]3[C@@H](C)O[C@@H](O[C@@H]4[C@@H](C)O[C@@H](O[C@H]5CC[C@@]6(C)C(=CC[C@]7(O)[C@@H]6C[C@@H](OC(=O)c6cccnc6)[C@@]6(C)[C@]7(O)CC[C@@]6(O)C(C)=O)C5)C[C@H]4OC)C[C@H]3OC)C[C@H]2OC)[C@@H]1O. The van der Waals surface area contributed by atoms with Crippen LogP contribution in [0.25, 0.3) is 0 Å². The van der Waals surface area contributed by atoms with Gasteiger partial charge in [-0.2, -0.15) is 0 Å². The van der Waals surface area contributed by atoms with Gasteiger partial charge in [0.15, 0.2) is 30.9 Å². The van der Waals surface area contributed by atoms with Crippen molar-refractivity contribution < 1.29 is 96.7 Å². The second-order valence-corrected chi connectivity index (χ2v) is 23.2. The van der Waals surface area contributed by atoms with Gasteiger partial charge in [-0.1, -0.05) is 18.6 Å². The number of aromatic nitrogens is 1. The van der Waals surface area contributed by atoms with Crippen LogP contribution in [-0.2, 0) is 66.4 Å². The molecule has 9 rings (SSSR count). The Bertz CT molecular complexity index is 2230. The largest absolute Gasteiger partial charge is 0.458 e. The fourth-order valence-corrected chi connectivity index (χ4v) is 14.8. The maximum atomic E-state index is 13.7. The average Bonchev–Trinajstić information content (AvgIpc) is 3.86. The summed E-state index contributed by atoms with van der Waals surface area (Å²) < 4.78 is 80.9. The number of nitrogens with zero attached hydrogens (tertiary/aromatic N) is 1. The Balaban J connectivity index is 0.810. The summed E-state index contributed by atoms with van der Waals surface area (Å²) in [4.78, 5) is 31.1. The number of pyridine rings is 1. The molecule has 4 saturated heterocycles. The van der Waals surface area contributed by atoms with Crippen molar-refractivity contribution in [1.82, 2.24) is 4.98 Å². The molecule has 0 aromatic carbocycles. The average molecular weight is 1080 g/mol. The Morgan fingerprint density at radius 3 is 1.78 bits per heavy atom. The van der Waals surface area contributed by atoms with Gasteiger partial charge in [0.25, 0.3) is 0 Å². The first-order valence-electron chi connectivity index (χ1n) is 27.2. The molecule has 0 bridgehead atoms. The van der Waals surface area contributed by atoms with Crippen LogP contribution in [0.5, 0.6) is 0 Å². The zero-order valence-electron chi connectivity index (χ0n) is 45.8. The fourth-order valence-electron chi connectivity index (χ4n) is 14.8. The molecule has 5 N–H and O–H groups in total. The van der Waals surface area contributed by atoms with Crippen LogP contribution in [0.15, 0.2) is 36.2 Å². The highest BCUT2D eigenvalue weighted by Crippen LogP contribution is 2.71. The molecule has 7 fully saturated rings. The molecule has 4 aliphatic carbocycles. The zero-order chi connectivity index (χ0) is 54.9. The third-order valence-electron chi connectivity index (χ3n) is 19.4. The number of ether oxygens (including phenoxy) is 13. The highest BCUT2D eigenvalue weighted by Gasteiger charge is 2.81. The van der Waals surface area contributed by atoms with E-state index in [0.29, 0.717) is 38.5 Å². The van der Waals surface area contributed by atoms with Crippen LogP contribution in [-0.4, -0.2) is 204 Å². The molecule has 0 spiro atoms. The lowest BCUT2D eigenvalue weighted by Gasteiger charge is -2.67. The first-order chi connectivity index (χ1) is 36.0. The van der Waals surface area contributed by atoms with E-state index >= 15 is 0 Å². The molecule has 3 saturated carbocycles. The summed E-state index contributed by atoms with van der Waals surface area (Å²) in [5, 5.41) is 59.4. The molecule has 21 heteroatoms. The second-order valence-electron chi connectivity index (χ2n) is 23.2. The molecule has 4 aliphatic heterocycles. The van der Waals surface area contributed by atoms with Gasteiger partial charge in [0.1, 0.15) is 59.5 Å². The van der Waals surface area contributed by atoms with Crippen molar-refractivity contribution in [3.05, 3.63) is 41.7 Å². The fraction of sp³-hybridized carbons (Fsp3) is 0.836. The van der Waals surface area contributed by atoms with Gasteiger partial charge < -0.3 is 87.1 Å². The van der Waals surface area contributed by atoms with Crippen LogP contribution < -0.4 is 0 Å². The zero-order valence-corrected chi connectivity index (χ0v) is 45.8. The number of aliphatic hydroxyl groups is 5. The Labute approximate surface area is 445 Å². The first-order valence-corrected chi connectivity index (χ1v) is 27.2. The lowest BCUT2D eigenvalue weighted by Crippen LogP contribution is -2.78. The molecule has 1 aromatic rings. The summed E-state index contributed by atoms with van der Waals surface area (Å²) in [5.41, 5.74) is -6.93. The van der Waals surface area contributed by atoms with Crippen molar-refractivity contribution in [3.63, 3.8) is 0 Å². The molecular weight excluding hydrogens is 995 g/mol. The van der Waals surface area contributed by atoms with Gasteiger partial charge in [0.05, 0.1) is 59.8 Å². The van der Waals surface area contributed by atoms with Crippen LogP contribution in [0.2, 0.25) is 0 Å². The van der Waals surface area contributed by atoms with Crippen LogP contribution in [0.1, 0.15) is 123 Å². The number of rotatable bonds is 15. The van der Waals surface area contributed by atoms with E-state index < -0.39 is 156 Å². The predicted molar refractivity (Wildman–Crippen MR) is 265 cm³/mol. The van der Waals surface area contributed by atoms with Gasteiger partial charge >= 0.3 is 5.97 Å². The van der Waals surface area contributed by atoms with Gasteiger partial charge in [0.2, 0.25) is 0 Å². The number of fused-ring (bicyclic) bond motifs is 5. The van der Waals surface area contributed by atoms with Crippen LogP contribution >= 0.6 is 0 Å². The van der Waals surface area contributed by atoms with Gasteiger partial charge in [-0.25, -0.2) is 4.79 Å². The lowest BCUT2D eigenvalue weighted by molar-refractivity contribution is -0.356. The molecular formula is C55H83NO20. The maximum Gasteiger partial charge on any atom is 0.339 e. The Hall–Kier alpha value is -2.65. The molecule has 21 nitrogen and oxygen atoms in total. The Morgan fingerprint density at radius 2 is 1.25 bits per heavy atom. The number of methoxy groups -OCH3 is 4. The highest BCUT2D eigenvalue weighted by atomic mass is 16.8. The predicted octanol–water partition coefficient (Wildman–Crippen LogP) is 3.20. The summed E-state index contributed by atoms with van der Waals surface area (Å²) in [7, 11) is 6.23. The van der Waals surface area contributed by atoms with Crippen LogP contribution in [0.3, 0.4) is 0 Å². The van der Waals surface area contributed by atoms with Crippen molar-refractivity contribution >= 4 is 11.8 Å². The quantitative estimate of drug-likeness (QED) is 0.125. The Kier molecular flexibility index (Phi) is 17.1. The van der Waals surface area contributed by atoms with Crippen molar-refractivity contribution in [3.8, 4) is 0 Å². The third-order valence-corrected chi connectivity index (χ3v) is 19.4. The molecule has 5 heterocycles. The molecule has 428 valence electrons. The smallest absolute Gasteiger partial charge is 0.339 e. The molecule has 1 aromatic heterocycles. The van der Waals surface area contributed by atoms with E-state index in [4.69, 9.17) is 61.6 Å². The lowest BCUT2D eigenvalue weighted by atomic mass is 9.42. The van der Waals surface area contributed by atoms with E-state index in [9.17, 15) is 35.1 Å². The van der Waals surface area contributed by atoms with E-state index in [1.54, 1.807) is 47.3 Å². The van der Waals surface area contributed by atoms with Gasteiger partial charge in [-0.3, -0.25) is 9.78 Å². The number of carbonyl (C=O) groups excluding carboxylic acids is 2. The Morgan fingerprint density at radius 1 is 0.684 bits per heavy atom. The van der Waals surface area contributed by atoms with E-state index in [-0.39, 0.29) is 37.4 Å². The third kappa shape index (κ3) is 9.85. The van der Waals surface area contributed by atoms with Crippen molar-refractivity contribution in [2.24, 2.45) is 16.7 Å².